The van der Waals surface area contributed by atoms with Gasteiger partial charge in [0.15, 0.2) is 0 Å². The van der Waals surface area contributed by atoms with E-state index in [1.54, 1.807) is 70.4 Å². The molecule has 0 amide bonds. The molecule has 4 aromatic rings. The van der Waals surface area contributed by atoms with Crippen LogP contribution in [0.2, 0.25) is 37.5 Å². The van der Waals surface area contributed by atoms with Gasteiger partial charge in [-0.1, -0.05) is 0 Å². The predicted octanol–water partition coefficient (Wildman–Crippen LogP) is 13.1. The van der Waals surface area contributed by atoms with Crippen LogP contribution >= 0.6 is 17.2 Å². The van der Waals surface area contributed by atoms with E-state index in [0.717, 1.165) is 87.6 Å². The average molecular weight is 853 g/mol. The molecule has 8 bridgehead atoms. The van der Waals surface area contributed by atoms with E-state index in [1.807, 2.05) is 11.1 Å². The van der Waals surface area contributed by atoms with Crippen LogP contribution < -0.4 is 0 Å². The molecule has 18 fully saturated rings. The normalized spacial score (nSPS) is 65.8. The second-order valence-corrected chi connectivity index (χ2v) is 52.6. The summed E-state index contributed by atoms with van der Waals surface area (Å²) in [6.07, 6.45) is 26.6. The summed E-state index contributed by atoms with van der Waals surface area (Å²) in [6.45, 7) is -4.95. The fourth-order valence-corrected chi connectivity index (χ4v) is 126. The molecule has 6 unspecified atom stereocenters. The van der Waals surface area contributed by atoms with Gasteiger partial charge >= 0.3 is 346 Å². The SMILES string of the molecule is PC(c1cccnc1)(c1cccnc1)[C]12[CH]3[C]4(c5ccccc5)[C]5(c6ccccc6)[C]1(CP(C1C6CC7CC(C6)CC1C7)C1C6CC7CC(C6)CC1C7)[Fe]34521678[CH]2[CH]1[CH]6[CH]7[CH]28. The van der Waals surface area contributed by atoms with E-state index in [1.165, 1.54) is 11.1 Å². The van der Waals surface area contributed by atoms with Crippen LogP contribution in [0.1, 0.15) is 86.5 Å². The fourth-order valence-electron chi connectivity index (χ4n) is 33.7. The molecule has 8 aliphatic carbocycles. The summed E-state index contributed by atoms with van der Waals surface area (Å²) < 4.78 is 1.83. The van der Waals surface area contributed by atoms with Crippen molar-refractivity contribution in [2.45, 2.75) is 127 Å². The summed E-state index contributed by atoms with van der Waals surface area (Å²) in [5.41, 5.74) is 8.90. The van der Waals surface area contributed by atoms with Crippen LogP contribution in [0.15, 0.2) is 110 Å². The Labute approximate surface area is 344 Å². The molecular formula is C54H58FeN2P2. The Morgan fingerprint density at radius 1 is 0.559 bits per heavy atom. The zero-order valence-electron chi connectivity index (χ0n) is 34.2. The molecule has 0 radical (unpaired) electrons. The molecule has 8 saturated carbocycles. The number of aromatic nitrogens is 2. The quantitative estimate of drug-likeness (QED) is 0.124. The topological polar surface area (TPSA) is 25.8 Å². The van der Waals surface area contributed by atoms with E-state index < -0.39 is 6.51 Å². The molecule has 2 aromatic carbocycles. The van der Waals surface area contributed by atoms with Gasteiger partial charge in [-0.3, -0.25) is 0 Å². The van der Waals surface area contributed by atoms with Crippen LogP contribution in [0.3, 0.4) is 0 Å². The Morgan fingerprint density at radius 2 is 1.00 bits per heavy atom. The van der Waals surface area contributed by atoms with Crippen LogP contribution in [0.5, 0.6) is 0 Å². The molecule has 2 nitrogen and oxygen atoms in total. The Bertz CT molecular complexity index is 2910. The van der Waals surface area contributed by atoms with Gasteiger partial charge in [-0.2, -0.15) is 0 Å². The number of hydrogen-bond donors (Lipinski definition) is 0. The summed E-state index contributed by atoms with van der Waals surface area (Å²) in [6, 6.07) is 35.4. The van der Waals surface area contributed by atoms with Crippen molar-refractivity contribution >= 4 is 17.2 Å². The molecule has 5 heteroatoms. The zero-order chi connectivity index (χ0) is 37.9. The Balaban J connectivity index is 0.931. The number of nitrogens with zero attached hydrogens (tertiary/aromatic N) is 2. The van der Waals surface area contributed by atoms with Crippen LogP contribution in [0, 0.1) is 47.3 Å². The molecule has 22 rings (SSSR count). The van der Waals surface area contributed by atoms with E-state index in [9.17, 15) is 0 Å². The van der Waals surface area contributed by atoms with Gasteiger partial charge in [0.1, 0.15) is 0 Å². The van der Waals surface area contributed by atoms with Crippen LogP contribution in [0.4, 0.5) is 0 Å². The molecule has 18 aliphatic rings. The van der Waals surface area contributed by atoms with Gasteiger partial charge in [-0.25, -0.2) is 0 Å². The molecule has 12 heterocycles. The van der Waals surface area contributed by atoms with Gasteiger partial charge in [0.25, 0.3) is 0 Å². The molecular weight excluding hydrogens is 794 g/mol. The fraction of sp³-hybridized carbons (Fsp3) is 0.593. The first-order chi connectivity index (χ1) is 28.8. The second-order valence-electron chi connectivity index (χ2n) is 26.6. The summed E-state index contributed by atoms with van der Waals surface area (Å²) in [5, 5.41) is -0.126. The molecule has 10 aliphatic heterocycles. The van der Waals surface area contributed by atoms with Crippen LogP contribution in [0.25, 0.3) is 0 Å². The number of benzene rings is 2. The third kappa shape index (κ3) is 1.10. The summed E-state index contributed by atoms with van der Waals surface area (Å²) in [4.78, 5) is 16.6. The first kappa shape index (κ1) is 31.0. The van der Waals surface area contributed by atoms with Crippen molar-refractivity contribution in [3.05, 3.63) is 132 Å². The van der Waals surface area contributed by atoms with Gasteiger partial charge in [-0.15, -0.1) is 0 Å². The van der Waals surface area contributed by atoms with Crippen molar-refractivity contribution in [2.24, 2.45) is 47.3 Å². The number of rotatable bonds is 9. The van der Waals surface area contributed by atoms with Gasteiger partial charge in [0.05, 0.1) is 0 Å². The third-order valence-corrected chi connectivity index (χ3v) is 80.3. The van der Waals surface area contributed by atoms with Crippen LogP contribution in [-0.2, 0) is 20.3 Å². The van der Waals surface area contributed by atoms with Crippen molar-refractivity contribution in [1.29, 1.82) is 0 Å². The Morgan fingerprint density at radius 3 is 1.41 bits per heavy atom. The van der Waals surface area contributed by atoms with Gasteiger partial charge < -0.3 is 0 Å². The minimum atomic E-state index is -4.95. The molecule has 10 saturated heterocycles. The van der Waals surface area contributed by atoms with Gasteiger partial charge in [0.2, 0.25) is 0 Å². The molecule has 59 heavy (non-hydrogen) atoms. The Kier molecular flexibility index (Phi) is 3.21. The molecule has 2 aromatic heterocycles. The maximum absolute atomic E-state index is 5.06. The molecule has 302 valence electrons. The zero-order valence-corrected chi connectivity index (χ0v) is 37.3. The first-order valence-electron chi connectivity index (χ1n) is 24.5. The summed E-state index contributed by atoms with van der Waals surface area (Å²) in [5.74, 6) is 8.45. The summed E-state index contributed by atoms with van der Waals surface area (Å²) >= 11 is 0. The van der Waals surface area contributed by atoms with E-state index >= 15 is 0 Å². The Hall–Kier alpha value is -1.88. The maximum atomic E-state index is 5.06. The van der Waals surface area contributed by atoms with E-state index in [-0.39, 0.29) is 13.1 Å². The van der Waals surface area contributed by atoms with E-state index in [4.69, 9.17) is 9.97 Å². The van der Waals surface area contributed by atoms with Crippen molar-refractivity contribution in [1.82, 2.24) is 9.97 Å². The van der Waals surface area contributed by atoms with E-state index in [2.05, 4.69) is 119 Å². The monoisotopic (exact) mass is 852 g/mol. The molecule has 1 spiro atoms. The van der Waals surface area contributed by atoms with Crippen molar-refractivity contribution < 1.29 is 6.51 Å². The van der Waals surface area contributed by atoms with Gasteiger partial charge in [-0.05, 0) is 0 Å². The van der Waals surface area contributed by atoms with Crippen molar-refractivity contribution in [3.63, 3.8) is 0 Å². The number of fused-ring (bicyclic) bond motifs is 10. The standard InChI is InChI=1S/C49H53N2P2.C5H5.Fe/c52-49(41-13-7-15-50-28-41,42-14-8-16-51-29-42)45-27-43(35-9-3-1-4-10-35)46(36-11-5-2-6-12-36)44(45)30-53(47-37-19-31-17-32(21-37)22-38(47)20-31)48-39-23-33-18-34(25-39)26-40(48)24-33;1-2-4-5-3-1;/h1-16,27-29,31-34,37-40,47-48H,17-26,30,52H2;1-5H;. The first-order valence-corrected chi connectivity index (χ1v) is 32.8. The molecule has 0 N–H and O–H groups in total. The predicted molar refractivity (Wildman–Crippen MR) is 237 cm³/mol. The van der Waals surface area contributed by atoms with Gasteiger partial charge in [0, 0.05) is 0 Å². The number of pyridine rings is 2. The van der Waals surface area contributed by atoms with E-state index in [0.29, 0.717) is 17.3 Å². The summed E-state index contributed by atoms with van der Waals surface area (Å²) in [7, 11) is 3.79. The van der Waals surface area contributed by atoms with Crippen molar-refractivity contribution in [2.75, 3.05) is 6.16 Å². The number of hydrogen-bond acceptors (Lipinski definition) is 2. The average Bonchev–Trinajstić information content (AvgIpc) is 4.22. The van der Waals surface area contributed by atoms with Crippen LogP contribution in [-0.4, -0.2) is 27.4 Å². The molecule has 6 atom stereocenters. The second kappa shape index (κ2) is 6.10. The third-order valence-electron chi connectivity index (χ3n) is 30.2. The minimum absolute atomic E-state index is 0.102. The van der Waals surface area contributed by atoms with Crippen molar-refractivity contribution in [3.8, 4) is 0 Å².